The van der Waals surface area contributed by atoms with Crippen LogP contribution in [0.3, 0.4) is 0 Å². The molecule has 0 radical (unpaired) electrons. The van der Waals surface area contributed by atoms with Gasteiger partial charge < -0.3 is 24.1 Å². The number of aliphatic hydroxyl groups is 1. The number of rotatable bonds is 12. The number of aliphatic hydroxyl groups excluding tert-OH is 1. The lowest BCUT2D eigenvalue weighted by Gasteiger charge is -2.12. The van der Waals surface area contributed by atoms with Gasteiger partial charge in [-0.3, -0.25) is 0 Å². The van der Waals surface area contributed by atoms with Gasteiger partial charge in [0, 0.05) is 11.5 Å². The Labute approximate surface area is 121 Å². The molecule has 10 heteroatoms. The zero-order chi connectivity index (χ0) is 15.9. The Morgan fingerprint density at radius 3 is 2.43 bits per heavy atom. The smallest absolute Gasteiger partial charge is 0.347 e. The van der Waals surface area contributed by atoms with Gasteiger partial charge in [-0.2, -0.15) is 0 Å². The molecule has 1 atom stereocenters. The Balaban J connectivity index is 3.43. The van der Waals surface area contributed by atoms with Crippen molar-refractivity contribution in [3.05, 3.63) is 10.4 Å². The zero-order valence-electron chi connectivity index (χ0n) is 11.8. The topological polar surface area (TPSA) is 140 Å². The predicted molar refractivity (Wildman–Crippen MR) is 69.2 cm³/mol. The molecule has 0 fully saturated rings. The third kappa shape index (κ3) is 11.6. The molecule has 0 amide bonds. The minimum Gasteiger partial charge on any atom is -0.461 e. The van der Waals surface area contributed by atoms with Crippen molar-refractivity contribution < 1.29 is 33.6 Å². The van der Waals surface area contributed by atoms with E-state index in [-0.39, 0.29) is 19.8 Å². The summed E-state index contributed by atoms with van der Waals surface area (Å²) in [6.07, 6.45) is -1.08. The number of hydrogen-bond acceptors (Lipinski definition) is 8. The molecule has 0 heterocycles. The normalized spacial score (nSPS) is 11.3. The van der Waals surface area contributed by atoms with Gasteiger partial charge in [0.15, 0.2) is 6.10 Å². The van der Waals surface area contributed by atoms with Crippen molar-refractivity contribution in [2.75, 3.05) is 46.2 Å². The largest absolute Gasteiger partial charge is 0.461 e. The molecule has 0 spiro atoms. The summed E-state index contributed by atoms with van der Waals surface area (Å²) < 4.78 is 19.5. The molecule has 120 valence electrons. The number of azide groups is 1. The van der Waals surface area contributed by atoms with Gasteiger partial charge >= 0.3 is 11.9 Å². The quantitative estimate of drug-likeness (QED) is 0.173. The molecule has 0 bridgehead atoms. The van der Waals surface area contributed by atoms with Crippen LogP contribution in [0.4, 0.5) is 0 Å². The summed E-state index contributed by atoms with van der Waals surface area (Å²) in [5.74, 6) is -1.61. The first-order chi connectivity index (χ1) is 10.1. The molecule has 0 saturated carbocycles. The summed E-state index contributed by atoms with van der Waals surface area (Å²) >= 11 is 0. The van der Waals surface area contributed by atoms with Crippen LogP contribution in [0.1, 0.15) is 6.92 Å². The van der Waals surface area contributed by atoms with E-state index in [9.17, 15) is 9.59 Å². The number of hydrogen-bond donors (Lipinski definition) is 1. The fraction of sp³-hybridized carbons (Fsp3) is 0.818. The van der Waals surface area contributed by atoms with E-state index in [0.717, 1.165) is 0 Å². The second kappa shape index (κ2) is 13.1. The van der Waals surface area contributed by atoms with E-state index in [0.29, 0.717) is 19.8 Å². The van der Waals surface area contributed by atoms with Crippen LogP contribution in [-0.4, -0.2) is 69.3 Å². The predicted octanol–water partition coefficient (Wildman–Crippen LogP) is -0.203. The maximum atomic E-state index is 11.3. The van der Waals surface area contributed by atoms with Gasteiger partial charge in [0.2, 0.25) is 0 Å². The highest BCUT2D eigenvalue weighted by Gasteiger charge is 2.18. The second-order valence-corrected chi connectivity index (χ2v) is 3.64. The van der Waals surface area contributed by atoms with Gasteiger partial charge in [0.1, 0.15) is 13.2 Å². The SMILES string of the molecule is CC(OC(=O)CO)C(=O)OCCOCCOCCN=[N+]=[N-]. The summed E-state index contributed by atoms with van der Waals surface area (Å²) in [6.45, 7) is 1.95. The molecule has 0 aromatic rings. The molecule has 0 aromatic carbocycles. The maximum absolute atomic E-state index is 11.3. The molecule has 1 unspecified atom stereocenters. The lowest BCUT2D eigenvalue weighted by atomic mass is 10.4. The Kier molecular flexibility index (Phi) is 12.0. The van der Waals surface area contributed by atoms with E-state index in [2.05, 4.69) is 14.8 Å². The molecule has 0 aromatic heterocycles. The summed E-state index contributed by atoms with van der Waals surface area (Å²) in [6, 6.07) is 0. The van der Waals surface area contributed by atoms with Crippen LogP contribution in [0.2, 0.25) is 0 Å². The van der Waals surface area contributed by atoms with Gasteiger partial charge in [0.05, 0.1) is 26.4 Å². The van der Waals surface area contributed by atoms with Gasteiger partial charge in [0.25, 0.3) is 0 Å². The van der Waals surface area contributed by atoms with Crippen LogP contribution in [0.5, 0.6) is 0 Å². The Bertz CT molecular complexity index is 358. The van der Waals surface area contributed by atoms with Crippen molar-refractivity contribution in [3.8, 4) is 0 Å². The van der Waals surface area contributed by atoms with Crippen molar-refractivity contribution in [3.63, 3.8) is 0 Å². The number of carbonyl (C=O) groups excluding carboxylic acids is 2. The van der Waals surface area contributed by atoms with Crippen molar-refractivity contribution in [1.29, 1.82) is 0 Å². The highest BCUT2D eigenvalue weighted by atomic mass is 16.6. The van der Waals surface area contributed by atoms with Crippen LogP contribution in [-0.2, 0) is 28.5 Å². The van der Waals surface area contributed by atoms with E-state index in [4.69, 9.17) is 24.8 Å². The molecule has 0 aliphatic carbocycles. The third-order valence-electron chi connectivity index (χ3n) is 2.01. The fourth-order valence-corrected chi connectivity index (χ4v) is 1.07. The first-order valence-corrected chi connectivity index (χ1v) is 6.25. The monoisotopic (exact) mass is 305 g/mol. The highest BCUT2D eigenvalue weighted by molar-refractivity contribution is 5.79. The lowest BCUT2D eigenvalue weighted by molar-refractivity contribution is -0.169. The van der Waals surface area contributed by atoms with Crippen LogP contribution in [0.25, 0.3) is 10.4 Å². The average molecular weight is 305 g/mol. The molecule has 21 heavy (non-hydrogen) atoms. The molecule has 0 aliphatic rings. The van der Waals surface area contributed by atoms with Crippen LogP contribution < -0.4 is 0 Å². The molecule has 0 rings (SSSR count). The standard InChI is InChI=1S/C11H19N3O7/c1-9(21-10(16)8-15)11(17)20-7-6-19-5-4-18-3-2-13-14-12/h9,15H,2-8H2,1H3. The van der Waals surface area contributed by atoms with Crippen LogP contribution in [0.15, 0.2) is 5.11 Å². The maximum Gasteiger partial charge on any atom is 0.347 e. The van der Waals surface area contributed by atoms with Gasteiger partial charge in [-0.15, -0.1) is 0 Å². The van der Waals surface area contributed by atoms with Crippen molar-refractivity contribution in [2.45, 2.75) is 13.0 Å². The first kappa shape index (κ1) is 19.1. The van der Waals surface area contributed by atoms with Crippen molar-refractivity contribution >= 4 is 11.9 Å². The summed E-state index contributed by atoms with van der Waals surface area (Å²) in [5, 5.41) is 11.7. The average Bonchev–Trinajstić information content (AvgIpc) is 2.48. The number of ether oxygens (including phenoxy) is 4. The number of esters is 2. The zero-order valence-corrected chi connectivity index (χ0v) is 11.8. The van der Waals surface area contributed by atoms with E-state index < -0.39 is 24.6 Å². The summed E-state index contributed by atoms with van der Waals surface area (Å²) in [5.41, 5.74) is 8.01. The molecule has 0 saturated heterocycles. The fourth-order valence-electron chi connectivity index (χ4n) is 1.07. The van der Waals surface area contributed by atoms with Crippen LogP contribution in [0, 0.1) is 0 Å². The molecular formula is C11H19N3O7. The van der Waals surface area contributed by atoms with E-state index in [1.54, 1.807) is 0 Å². The molecular weight excluding hydrogens is 286 g/mol. The van der Waals surface area contributed by atoms with Crippen LogP contribution >= 0.6 is 0 Å². The minimum atomic E-state index is -1.08. The second-order valence-electron chi connectivity index (χ2n) is 3.64. The Hall–Kier alpha value is -1.87. The van der Waals surface area contributed by atoms with E-state index in [1.165, 1.54) is 6.92 Å². The van der Waals surface area contributed by atoms with Crippen molar-refractivity contribution in [1.82, 2.24) is 0 Å². The first-order valence-electron chi connectivity index (χ1n) is 6.25. The van der Waals surface area contributed by atoms with E-state index >= 15 is 0 Å². The van der Waals surface area contributed by atoms with Gasteiger partial charge in [-0.05, 0) is 12.5 Å². The third-order valence-corrected chi connectivity index (χ3v) is 2.01. The number of nitrogens with zero attached hydrogens (tertiary/aromatic N) is 3. The lowest BCUT2D eigenvalue weighted by Crippen LogP contribution is -2.28. The number of carbonyl (C=O) groups is 2. The van der Waals surface area contributed by atoms with Gasteiger partial charge in [-0.1, -0.05) is 5.11 Å². The van der Waals surface area contributed by atoms with E-state index in [1.807, 2.05) is 0 Å². The van der Waals surface area contributed by atoms with Crippen molar-refractivity contribution in [2.24, 2.45) is 5.11 Å². The Morgan fingerprint density at radius 1 is 1.19 bits per heavy atom. The molecule has 1 N–H and O–H groups in total. The molecule has 10 nitrogen and oxygen atoms in total. The highest BCUT2D eigenvalue weighted by Crippen LogP contribution is 1.95. The van der Waals surface area contributed by atoms with Gasteiger partial charge in [-0.25, -0.2) is 9.59 Å². The minimum absolute atomic E-state index is 0.0125. The Morgan fingerprint density at radius 2 is 1.81 bits per heavy atom. The summed E-state index contributed by atoms with van der Waals surface area (Å²) in [4.78, 5) is 24.6. The summed E-state index contributed by atoms with van der Waals surface area (Å²) in [7, 11) is 0. The molecule has 0 aliphatic heterocycles.